The first-order chi connectivity index (χ1) is 9.87. The normalized spacial score (nSPS) is 32.6. The van der Waals surface area contributed by atoms with Crippen molar-refractivity contribution in [1.82, 2.24) is 4.90 Å². The van der Waals surface area contributed by atoms with E-state index in [1.807, 2.05) is 11.4 Å². The minimum atomic E-state index is -0.689. The lowest BCUT2D eigenvalue weighted by Crippen LogP contribution is -2.49. The highest BCUT2D eigenvalue weighted by Crippen LogP contribution is 2.44. The third-order valence-corrected chi connectivity index (χ3v) is 6.07. The zero-order valence-corrected chi connectivity index (χ0v) is 13.9. The molecular weight excluding hydrogens is 282 g/mol. The Balaban J connectivity index is 1.89. The van der Waals surface area contributed by atoms with Gasteiger partial charge >= 0.3 is 5.97 Å². The molecule has 3 nitrogen and oxygen atoms in total. The van der Waals surface area contributed by atoms with Gasteiger partial charge in [-0.05, 0) is 54.0 Å². The van der Waals surface area contributed by atoms with E-state index in [1.54, 1.807) is 11.3 Å². The number of fused-ring (bicyclic) bond motifs is 1. The van der Waals surface area contributed by atoms with Gasteiger partial charge in [0.25, 0.3) is 0 Å². The minimum Gasteiger partial charge on any atom is -0.480 e. The van der Waals surface area contributed by atoms with Crippen LogP contribution in [0.5, 0.6) is 0 Å². The molecule has 2 heterocycles. The number of carboxylic acid groups (broad SMARTS) is 1. The van der Waals surface area contributed by atoms with Crippen LogP contribution in [0.1, 0.15) is 56.5 Å². The van der Waals surface area contributed by atoms with Gasteiger partial charge in [0.05, 0.1) is 0 Å². The van der Waals surface area contributed by atoms with Crippen molar-refractivity contribution in [2.24, 2.45) is 11.3 Å². The first-order valence-corrected chi connectivity index (χ1v) is 8.80. The van der Waals surface area contributed by atoms with E-state index in [0.29, 0.717) is 17.4 Å². The fourth-order valence-electron chi connectivity index (χ4n) is 4.55. The second-order valence-electron chi connectivity index (χ2n) is 7.59. The van der Waals surface area contributed by atoms with Gasteiger partial charge in [0, 0.05) is 17.5 Å². The van der Waals surface area contributed by atoms with Crippen LogP contribution in [-0.4, -0.2) is 28.6 Å². The summed E-state index contributed by atoms with van der Waals surface area (Å²) < 4.78 is 0. The Labute approximate surface area is 131 Å². The maximum absolute atomic E-state index is 11.9. The van der Waals surface area contributed by atoms with E-state index in [1.165, 1.54) is 11.3 Å². The summed E-state index contributed by atoms with van der Waals surface area (Å²) in [7, 11) is 0. The summed E-state index contributed by atoms with van der Waals surface area (Å²) in [5.41, 5.74) is 1.36. The molecule has 0 aromatic carbocycles. The summed E-state index contributed by atoms with van der Waals surface area (Å²) >= 11 is 1.71. The van der Waals surface area contributed by atoms with Crippen LogP contribution in [0.4, 0.5) is 0 Å². The Kier molecular flexibility index (Phi) is 3.87. The van der Waals surface area contributed by atoms with E-state index in [2.05, 4.69) is 25.7 Å². The van der Waals surface area contributed by atoms with E-state index >= 15 is 0 Å². The zero-order chi connectivity index (χ0) is 15.2. The van der Waals surface area contributed by atoms with E-state index in [9.17, 15) is 9.90 Å². The Morgan fingerprint density at radius 1 is 1.43 bits per heavy atom. The smallest absolute Gasteiger partial charge is 0.325 e. The molecule has 0 radical (unpaired) electrons. The molecule has 1 aromatic heterocycles. The fourth-order valence-corrected chi connectivity index (χ4v) is 5.46. The summed E-state index contributed by atoms with van der Waals surface area (Å²) in [5.74, 6) is -0.0116. The Bertz CT molecular complexity index is 537. The SMILES string of the molecule is CC1CC(N2CCc3sccc3C2C(=O)O)CC(C)(C)C1. The van der Waals surface area contributed by atoms with Crippen LogP contribution in [0.3, 0.4) is 0 Å². The average Bonchev–Trinajstić information content (AvgIpc) is 2.82. The Hall–Kier alpha value is -0.870. The molecule has 3 rings (SSSR count). The number of carboxylic acids is 1. The molecule has 116 valence electrons. The number of hydrogen-bond donors (Lipinski definition) is 1. The van der Waals surface area contributed by atoms with Crippen molar-refractivity contribution in [3.05, 3.63) is 21.9 Å². The summed E-state index contributed by atoms with van der Waals surface area (Å²) in [4.78, 5) is 15.4. The molecule has 1 aromatic rings. The zero-order valence-electron chi connectivity index (χ0n) is 13.1. The highest BCUT2D eigenvalue weighted by atomic mass is 32.1. The van der Waals surface area contributed by atoms with E-state index in [-0.39, 0.29) is 0 Å². The van der Waals surface area contributed by atoms with Crippen molar-refractivity contribution >= 4 is 17.3 Å². The first kappa shape index (κ1) is 15.0. The second kappa shape index (κ2) is 5.40. The Morgan fingerprint density at radius 3 is 2.86 bits per heavy atom. The van der Waals surface area contributed by atoms with E-state index < -0.39 is 12.0 Å². The molecule has 3 unspecified atom stereocenters. The fraction of sp³-hybridized carbons (Fsp3) is 0.706. The van der Waals surface area contributed by atoms with Gasteiger partial charge in [0.2, 0.25) is 0 Å². The minimum absolute atomic E-state index is 0.320. The third-order valence-electron chi connectivity index (χ3n) is 5.07. The second-order valence-corrected chi connectivity index (χ2v) is 8.60. The summed E-state index contributed by atoms with van der Waals surface area (Å²) in [6, 6.07) is 1.98. The molecular formula is C17H25NO2S. The van der Waals surface area contributed by atoms with Crippen molar-refractivity contribution in [3.63, 3.8) is 0 Å². The molecule has 1 fully saturated rings. The van der Waals surface area contributed by atoms with Crippen LogP contribution in [0.25, 0.3) is 0 Å². The standard InChI is InChI=1S/C17H25NO2S/c1-11-8-12(10-17(2,3)9-11)18-6-4-14-13(5-7-21-14)15(18)16(19)20/h5,7,11-12,15H,4,6,8-10H2,1-3H3,(H,19,20). The van der Waals surface area contributed by atoms with Crippen LogP contribution in [0.2, 0.25) is 0 Å². The number of aliphatic carboxylic acids is 1. The lowest BCUT2D eigenvalue weighted by molar-refractivity contribution is -0.146. The maximum atomic E-state index is 11.9. The molecule has 3 atom stereocenters. The van der Waals surface area contributed by atoms with Crippen molar-refractivity contribution in [2.45, 2.75) is 58.5 Å². The molecule has 2 aliphatic rings. The van der Waals surface area contributed by atoms with Gasteiger partial charge < -0.3 is 5.11 Å². The molecule has 0 bridgehead atoms. The van der Waals surface area contributed by atoms with Crippen LogP contribution in [-0.2, 0) is 11.2 Å². The molecule has 1 aliphatic heterocycles. The summed E-state index contributed by atoms with van der Waals surface area (Å²) in [6.45, 7) is 7.85. The summed E-state index contributed by atoms with van der Waals surface area (Å²) in [5, 5.41) is 11.8. The van der Waals surface area contributed by atoms with Crippen LogP contribution < -0.4 is 0 Å². The number of nitrogens with zero attached hydrogens (tertiary/aromatic N) is 1. The quantitative estimate of drug-likeness (QED) is 0.899. The van der Waals surface area contributed by atoms with Crippen LogP contribution in [0.15, 0.2) is 11.4 Å². The first-order valence-electron chi connectivity index (χ1n) is 7.92. The lowest BCUT2D eigenvalue weighted by atomic mass is 9.69. The molecule has 1 N–H and O–H groups in total. The third kappa shape index (κ3) is 2.88. The van der Waals surface area contributed by atoms with Gasteiger partial charge in [-0.2, -0.15) is 0 Å². The predicted molar refractivity (Wildman–Crippen MR) is 85.7 cm³/mol. The number of thiophene rings is 1. The van der Waals surface area contributed by atoms with Crippen molar-refractivity contribution in [3.8, 4) is 0 Å². The van der Waals surface area contributed by atoms with Gasteiger partial charge in [-0.3, -0.25) is 9.69 Å². The molecule has 0 spiro atoms. The van der Waals surface area contributed by atoms with Crippen LogP contribution in [0, 0.1) is 11.3 Å². The molecule has 21 heavy (non-hydrogen) atoms. The highest BCUT2D eigenvalue weighted by molar-refractivity contribution is 7.10. The van der Waals surface area contributed by atoms with Crippen LogP contribution >= 0.6 is 11.3 Å². The van der Waals surface area contributed by atoms with Gasteiger partial charge in [-0.1, -0.05) is 20.8 Å². The van der Waals surface area contributed by atoms with Gasteiger partial charge in [-0.15, -0.1) is 11.3 Å². The van der Waals surface area contributed by atoms with Gasteiger partial charge in [0.15, 0.2) is 0 Å². The number of hydrogen-bond acceptors (Lipinski definition) is 3. The molecule has 0 amide bonds. The largest absolute Gasteiger partial charge is 0.480 e. The molecule has 1 aliphatic carbocycles. The predicted octanol–water partition coefficient (Wildman–Crippen LogP) is 3.95. The molecule has 4 heteroatoms. The van der Waals surface area contributed by atoms with Gasteiger partial charge in [0.1, 0.15) is 6.04 Å². The maximum Gasteiger partial charge on any atom is 0.325 e. The summed E-state index contributed by atoms with van der Waals surface area (Å²) in [6.07, 6.45) is 4.49. The van der Waals surface area contributed by atoms with Gasteiger partial charge in [-0.25, -0.2) is 0 Å². The number of carbonyl (C=O) groups is 1. The average molecular weight is 307 g/mol. The van der Waals surface area contributed by atoms with E-state index in [4.69, 9.17) is 0 Å². The number of rotatable bonds is 2. The molecule has 1 saturated carbocycles. The lowest BCUT2D eigenvalue weighted by Gasteiger charge is -2.47. The van der Waals surface area contributed by atoms with Crippen molar-refractivity contribution in [1.29, 1.82) is 0 Å². The monoisotopic (exact) mass is 307 g/mol. The van der Waals surface area contributed by atoms with Crippen molar-refractivity contribution in [2.75, 3.05) is 6.54 Å². The van der Waals surface area contributed by atoms with E-state index in [0.717, 1.165) is 31.4 Å². The topological polar surface area (TPSA) is 40.5 Å². The Morgan fingerprint density at radius 2 is 2.19 bits per heavy atom. The molecule has 0 saturated heterocycles. The highest BCUT2D eigenvalue weighted by Gasteiger charge is 2.42. The van der Waals surface area contributed by atoms with Crippen molar-refractivity contribution < 1.29 is 9.90 Å².